The summed E-state index contributed by atoms with van der Waals surface area (Å²) in [5.41, 5.74) is -1.48. The van der Waals surface area contributed by atoms with Crippen LogP contribution in [0, 0.1) is 0 Å². The van der Waals surface area contributed by atoms with E-state index in [1.54, 1.807) is 50.2 Å². The average molecular weight is 564 g/mol. The Morgan fingerprint density at radius 2 is 1.29 bits per heavy atom. The first-order valence-corrected chi connectivity index (χ1v) is 12.9. The number of esters is 5. The predicted molar refractivity (Wildman–Crippen MR) is 144 cm³/mol. The molecule has 0 spiro atoms. The molecule has 0 fully saturated rings. The molecule has 0 saturated carbocycles. The van der Waals surface area contributed by atoms with Crippen molar-refractivity contribution < 1.29 is 47.7 Å². The van der Waals surface area contributed by atoms with E-state index in [-0.39, 0.29) is 41.4 Å². The van der Waals surface area contributed by atoms with Crippen LogP contribution in [-0.4, -0.2) is 50.2 Å². The van der Waals surface area contributed by atoms with Crippen LogP contribution in [0.15, 0.2) is 48.5 Å². The number of ether oxygens (including phenoxy) is 5. The van der Waals surface area contributed by atoms with E-state index in [1.807, 2.05) is 0 Å². The van der Waals surface area contributed by atoms with Crippen LogP contribution in [0.25, 0.3) is 10.8 Å². The molecule has 214 valence electrons. The highest BCUT2D eigenvalue weighted by atomic mass is 16.6. The fourth-order valence-corrected chi connectivity index (χ4v) is 4.97. The van der Waals surface area contributed by atoms with Gasteiger partial charge in [0.2, 0.25) is 5.54 Å². The fraction of sp³-hybridized carbons (Fsp3) is 0.300. The summed E-state index contributed by atoms with van der Waals surface area (Å²) in [5.74, 6) is -4.01. The van der Waals surface area contributed by atoms with Gasteiger partial charge in [0.05, 0.1) is 31.9 Å². The zero-order valence-electron chi connectivity index (χ0n) is 23.2. The zero-order valence-corrected chi connectivity index (χ0v) is 23.2. The quantitative estimate of drug-likeness (QED) is 0.186. The van der Waals surface area contributed by atoms with Gasteiger partial charge >= 0.3 is 29.8 Å². The molecule has 0 saturated heterocycles. The lowest BCUT2D eigenvalue weighted by Gasteiger charge is -2.28. The molecule has 3 aromatic carbocycles. The van der Waals surface area contributed by atoms with Gasteiger partial charge in [0.25, 0.3) is 0 Å². The molecule has 11 nitrogen and oxygen atoms in total. The Bertz CT molecular complexity index is 1530. The summed E-state index contributed by atoms with van der Waals surface area (Å²) in [6, 6.07) is 11.9. The van der Waals surface area contributed by atoms with Gasteiger partial charge in [-0.1, -0.05) is 36.4 Å². The minimum Gasteiger partial charge on any atom is -0.465 e. The van der Waals surface area contributed by atoms with Gasteiger partial charge in [-0.3, -0.25) is 14.9 Å². The number of hydrogen-bond donors (Lipinski definition) is 1. The minimum atomic E-state index is -2.32. The van der Waals surface area contributed by atoms with Crippen LogP contribution in [0.5, 0.6) is 11.5 Å². The lowest BCUT2D eigenvalue weighted by molar-refractivity contribution is -0.167. The van der Waals surface area contributed by atoms with Gasteiger partial charge in [0.15, 0.2) is 0 Å². The molecule has 1 N–H and O–H groups in total. The molecule has 11 heteroatoms. The molecule has 4 rings (SSSR count). The SMILES string of the molecule is CCOC(=O)C1(C(=O)OCC)N[C@H](c2ccc(C(=O)OC)cc2)c2c1c(OC(C)=O)c1ccccc1c2OC(C)=O. The fourth-order valence-electron chi connectivity index (χ4n) is 4.97. The first-order valence-electron chi connectivity index (χ1n) is 12.9. The van der Waals surface area contributed by atoms with E-state index in [1.165, 1.54) is 33.1 Å². The molecule has 1 atom stereocenters. The topological polar surface area (TPSA) is 144 Å². The number of benzene rings is 3. The Balaban J connectivity index is 2.19. The van der Waals surface area contributed by atoms with Crippen molar-refractivity contribution in [2.24, 2.45) is 0 Å². The molecule has 0 radical (unpaired) electrons. The maximum absolute atomic E-state index is 13.8. The molecule has 1 aliphatic heterocycles. The van der Waals surface area contributed by atoms with E-state index in [2.05, 4.69) is 5.32 Å². The second-order valence-corrected chi connectivity index (χ2v) is 9.06. The highest BCUT2D eigenvalue weighted by Gasteiger charge is 2.61. The molecular formula is C30H29NO10. The van der Waals surface area contributed by atoms with Crippen LogP contribution in [0.4, 0.5) is 0 Å². The second kappa shape index (κ2) is 11.8. The lowest BCUT2D eigenvalue weighted by Crippen LogP contribution is -2.54. The molecule has 41 heavy (non-hydrogen) atoms. The largest absolute Gasteiger partial charge is 0.465 e. The number of nitrogens with one attached hydrogen (secondary N) is 1. The predicted octanol–water partition coefficient (Wildman–Crippen LogP) is 3.49. The van der Waals surface area contributed by atoms with Crippen LogP contribution >= 0.6 is 0 Å². The first kappa shape index (κ1) is 29.2. The highest BCUT2D eigenvalue weighted by molar-refractivity contribution is 6.11. The monoisotopic (exact) mass is 563 g/mol. The van der Waals surface area contributed by atoms with Crippen molar-refractivity contribution in [3.63, 3.8) is 0 Å². The van der Waals surface area contributed by atoms with E-state index >= 15 is 0 Å². The summed E-state index contributed by atoms with van der Waals surface area (Å²) in [5, 5.41) is 3.77. The normalized spacial score (nSPS) is 15.0. The number of carbonyl (C=O) groups excluding carboxylic acids is 5. The highest BCUT2D eigenvalue weighted by Crippen LogP contribution is 2.54. The molecular weight excluding hydrogens is 534 g/mol. The van der Waals surface area contributed by atoms with Crippen molar-refractivity contribution in [3.05, 3.63) is 70.8 Å². The first-order chi connectivity index (χ1) is 19.6. The molecule has 1 heterocycles. The van der Waals surface area contributed by atoms with E-state index in [0.29, 0.717) is 16.3 Å². The maximum atomic E-state index is 13.8. The number of carbonyl (C=O) groups is 5. The standard InChI is InChI=1S/C30H29NO10/c1-6-38-28(35)30(29(36)39-7-2)23-22(24(31-30)18-12-14-19(15-13-18)27(34)37-5)25(40-16(3)32)20-10-8-9-11-21(20)26(23)41-17(4)33/h8-15,24,31H,6-7H2,1-5H3/t24-/m1/s1. The minimum absolute atomic E-state index is 0.0454. The molecule has 0 aliphatic carbocycles. The van der Waals surface area contributed by atoms with E-state index in [4.69, 9.17) is 23.7 Å². The summed E-state index contributed by atoms with van der Waals surface area (Å²) < 4.78 is 27.0. The number of rotatable bonds is 8. The molecule has 0 unspecified atom stereocenters. The summed E-state index contributed by atoms with van der Waals surface area (Å²) in [6.45, 7) is 5.39. The van der Waals surface area contributed by atoms with Crippen LogP contribution in [0.3, 0.4) is 0 Å². The summed E-state index contributed by atoms with van der Waals surface area (Å²) in [6.07, 6.45) is 0. The van der Waals surface area contributed by atoms with Crippen molar-refractivity contribution in [1.82, 2.24) is 5.32 Å². The average Bonchev–Trinajstić information content (AvgIpc) is 3.32. The second-order valence-electron chi connectivity index (χ2n) is 9.06. The van der Waals surface area contributed by atoms with Crippen molar-refractivity contribution in [2.45, 2.75) is 39.3 Å². The van der Waals surface area contributed by atoms with Crippen molar-refractivity contribution in [3.8, 4) is 11.5 Å². The Kier molecular flexibility index (Phi) is 8.39. The third-order valence-electron chi connectivity index (χ3n) is 6.50. The van der Waals surface area contributed by atoms with Crippen molar-refractivity contribution in [2.75, 3.05) is 20.3 Å². The van der Waals surface area contributed by atoms with Crippen molar-refractivity contribution in [1.29, 1.82) is 0 Å². The number of fused-ring (bicyclic) bond motifs is 2. The summed E-state index contributed by atoms with van der Waals surface area (Å²) in [7, 11) is 1.26. The van der Waals surface area contributed by atoms with Gasteiger partial charge in [-0.15, -0.1) is 0 Å². The van der Waals surface area contributed by atoms with Gasteiger partial charge in [-0.05, 0) is 31.5 Å². The lowest BCUT2D eigenvalue weighted by atomic mass is 9.85. The third kappa shape index (κ3) is 5.11. The van der Waals surface area contributed by atoms with Gasteiger partial charge in [0.1, 0.15) is 11.5 Å². The van der Waals surface area contributed by atoms with Gasteiger partial charge < -0.3 is 23.7 Å². The number of hydrogen-bond acceptors (Lipinski definition) is 11. The Labute approximate surface area is 235 Å². The summed E-state index contributed by atoms with van der Waals surface area (Å²) >= 11 is 0. The van der Waals surface area contributed by atoms with E-state index < -0.39 is 41.4 Å². The molecule has 1 aliphatic rings. The molecule has 3 aromatic rings. The van der Waals surface area contributed by atoms with Crippen molar-refractivity contribution >= 4 is 40.6 Å². The molecule has 0 bridgehead atoms. The Hall–Kier alpha value is -4.77. The Morgan fingerprint density at radius 1 is 0.780 bits per heavy atom. The van der Waals surface area contributed by atoms with E-state index in [9.17, 15) is 24.0 Å². The van der Waals surface area contributed by atoms with Crippen LogP contribution in [0.2, 0.25) is 0 Å². The van der Waals surface area contributed by atoms with Crippen LogP contribution in [-0.2, 0) is 38.9 Å². The number of methoxy groups -OCH3 is 1. The zero-order chi connectivity index (χ0) is 29.9. The van der Waals surface area contributed by atoms with Gasteiger partial charge in [0, 0.05) is 35.7 Å². The van der Waals surface area contributed by atoms with Gasteiger partial charge in [-0.2, -0.15) is 0 Å². The molecule has 0 amide bonds. The third-order valence-corrected chi connectivity index (χ3v) is 6.50. The van der Waals surface area contributed by atoms with E-state index in [0.717, 1.165) is 0 Å². The summed E-state index contributed by atoms with van der Waals surface area (Å²) in [4.78, 5) is 64.5. The van der Waals surface area contributed by atoms with Crippen LogP contribution < -0.4 is 14.8 Å². The van der Waals surface area contributed by atoms with Crippen LogP contribution in [0.1, 0.15) is 60.8 Å². The smallest absolute Gasteiger partial charge is 0.343 e. The van der Waals surface area contributed by atoms with Gasteiger partial charge in [-0.25, -0.2) is 14.4 Å². The maximum Gasteiger partial charge on any atom is 0.343 e. The molecule has 0 aromatic heterocycles. The Morgan fingerprint density at radius 3 is 1.78 bits per heavy atom.